The molecule has 0 radical (unpaired) electrons. The summed E-state index contributed by atoms with van der Waals surface area (Å²) in [5.74, 6) is 0.565. The second-order valence-electron chi connectivity index (χ2n) is 8.08. The van der Waals surface area contributed by atoms with Gasteiger partial charge in [-0.1, -0.05) is 41.6 Å². The van der Waals surface area contributed by atoms with Gasteiger partial charge in [-0.25, -0.2) is 0 Å². The lowest BCUT2D eigenvalue weighted by Gasteiger charge is -2.19. The Labute approximate surface area is 174 Å². The van der Waals surface area contributed by atoms with Crippen molar-refractivity contribution in [2.24, 2.45) is 7.05 Å². The maximum absolute atomic E-state index is 13.1. The molecule has 2 atom stereocenters. The van der Waals surface area contributed by atoms with Crippen LogP contribution in [-0.4, -0.2) is 43.1 Å². The van der Waals surface area contributed by atoms with E-state index in [4.69, 9.17) is 4.74 Å². The van der Waals surface area contributed by atoms with E-state index < -0.39 is 6.10 Å². The van der Waals surface area contributed by atoms with Gasteiger partial charge in [-0.15, -0.1) is 5.10 Å². The number of aromatic nitrogens is 3. The molecule has 7 heteroatoms. The van der Waals surface area contributed by atoms with Gasteiger partial charge in [0.05, 0.1) is 17.9 Å². The average molecular weight is 404 g/mol. The minimum atomic E-state index is -0.457. The number of aryl methyl sites for hydroxylation is 1. The van der Waals surface area contributed by atoms with Crippen LogP contribution in [0.5, 0.6) is 5.75 Å². The first-order valence-corrected chi connectivity index (χ1v) is 10.3. The second kappa shape index (κ2) is 7.57. The molecule has 0 saturated heterocycles. The summed E-state index contributed by atoms with van der Waals surface area (Å²) in [6, 6.07) is 13.8. The molecule has 1 saturated carbocycles. The number of rotatable bonds is 5. The maximum Gasteiger partial charge on any atom is 0.258 e. The van der Waals surface area contributed by atoms with Crippen molar-refractivity contribution in [3.05, 3.63) is 65.4 Å². The fourth-order valence-electron chi connectivity index (χ4n) is 4.30. The molecule has 0 bridgehead atoms. The number of benzene rings is 2. The van der Waals surface area contributed by atoms with E-state index in [0.717, 1.165) is 41.6 Å². The predicted octanol–water partition coefficient (Wildman–Crippen LogP) is 2.93. The largest absolute Gasteiger partial charge is 0.487 e. The molecule has 154 valence electrons. The minimum Gasteiger partial charge on any atom is -0.487 e. The van der Waals surface area contributed by atoms with E-state index in [1.807, 2.05) is 60.6 Å². The Morgan fingerprint density at radius 1 is 1.17 bits per heavy atom. The molecule has 2 aromatic carbocycles. The highest BCUT2D eigenvalue weighted by atomic mass is 16.5. The van der Waals surface area contributed by atoms with E-state index in [1.165, 1.54) is 0 Å². The molecule has 1 N–H and O–H groups in total. The zero-order valence-corrected chi connectivity index (χ0v) is 16.9. The van der Waals surface area contributed by atoms with Gasteiger partial charge in [-0.2, -0.15) is 0 Å². The predicted molar refractivity (Wildman–Crippen MR) is 111 cm³/mol. The number of carbonyl (C=O) groups excluding carboxylic acids is 1. The molecule has 3 aromatic rings. The smallest absolute Gasteiger partial charge is 0.258 e. The second-order valence-corrected chi connectivity index (χ2v) is 8.08. The lowest BCUT2D eigenvalue weighted by atomic mass is 10.1. The summed E-state index contributed by atoms with van der Waals surface area (Å²) < 4.78 is 7.73. The van der Waals surface area contributed by atoms with Crippen LogP contribution in [0.2, 0.25) is 0 Å². The van der Waals surface area contributed by atoms with Crippen molar-refractivity contribution in [2.45, 2.75) is 44.6 Å². The molecule has 30 heavy (non-hydrogen) atoms. The number of hydrogen-bond donors (Lipinski definition) is 1. The number of fused-ring (bicyclic) bond motifs is 1. The van der Waals surface area contributed by atoms with Crippen LogP contribution in [0.4, 0.5) is 0 Å². The summed E-state index contributed by atoms with van der Waals surface area (Å²) in [5.41, 5.74) is 4.48. The molecule has 2 aliphatic rings. The van der Waals surface area contributed by atoms with Crippen LogP contribution in [0.3, 0.4) is 0 Å². The summed E-state index contributed by atoms with van der Waals surface area (Å²) in [4.78, 5) is 15.0. The third kappa shape index (κ3) is 3.45. The molecule has 1 aliphatic heterocycles. The highest BCUT2D eigenvalue weighted by Gasteiger charge is 2.33. The fraction of sp³-hybridized carbons (Fsp3) is 0.348. The normalized spacial score (nSPS) is 20.6. The number of aliphatic hydroxyl groups excluding tert-OH is 1. The standard InChI is InChI=1S/C23H24N4O3/c1-26-14-18(24-25-26)16-10-8-15(9-11-16)12-27-13-17-4-2-7-21(22(17)23(27)29)30-20-6-3-5-19(20)28/h2,4,7-11,14,19-20,28H,3,5-6,12-13H2,1H3/t19-,20-/m0/s1. The van der Waals surface area contributed by atoms with Crippen molar-refractivity contribution >= 4 is 5.91 Å². The molecular weight excluding hydrogens is 380 g/mol. The highest BCUT2D eigenvalue weighted by Crippen LogP contribution is 2.34. The Morgan fingerprint density at radius 2 is 2.00 bits per heavy atom. The van der Waals surface area contributed by atoms with Gasteiger partial charge < -0.3 is 14.7 Å². The molecule has 0 unspecified atom stereocenters. The van der Waals surface area contributed by atoms with Crippen molar-refractivity contribution in [3.8, 4) is 17.0 Å². The van der Waals surface area contributed by atoms with Crippen LogP contribution in [0.25, 0.3) is 11.3 Å². The number of amides is 1. The zero-order valence-electron chi connectivity index (χ0n) is 16.9. The Balaban J connectivity index is 1.31. The van der Waals surface area contributed by atoms with Crippen LogP contribution >= 0.6 is 0 Å². The van der Waals surface area contributed by atoms with Gasteiger partial charge in [0, 0.05) is 25.7 Å². The summed E-state index contributed by atoms with van der Waals surface area (Å²) in [5, 5.41) is 18.2. The third-order valence-corrected chi connectivity index (χ3v) is 5.90. The average Bonchev–Trinajstić information content (AvgIpc) is 3.44. The SMILES string of the molecule is Cn1cc(-c2ccc(CN3Cc4cccc(O[C@H]5CCC[C@@H]5O)c4C3=O)cc2)nn1. The van der Waals surface area contributed by atoms with Crippen LogP contribution in [0, 0.1) is 0 Å². The minimum absolute atomic E-state index is 0.0221. The number of nitrogens with zero attached hydrogens (tertiary/aromatic N) is 4. The Hall–Kier alpha value is -3.19. The summed E-state index contributed by atoms with van der Waals surface area (Å²) >= 11 is 0. The first-order valence-electron chi connectivity index (χ1n) is 10.3. The number of aliphatic hydroxyl groups is 1. The van der Waals surface area contributed by atoms with Crippen LogP contribution in [-0.2, 0) is 20.1 Å². The maximum atomic E-state index is 13.1. The number of ether oxygens (including phenoxy) is 1. The molecule has 1 aliphatic carbocycles. The molecule has 1 fully saturated rings. The van der Waals surface area contributed by atoms with E-state index in [-0.39, 0.29) is 12.0 Å². The summed E-state index contributed by atoms with van der Waals surface area (Å²) in [7, 11) is 1.84. The summed E-state index contributed by atoms with van der Waals surface area (Å²) in [6.07, 6.45) is 3.71. The van der Waals surface area contributed by atoms with E-state index in [1.54, 1.807) is 4.68 Å². The first kappa shape index (κ1) is 18.8. The molecule has 7 nitrogen and oxygen atoms in total. The van der Waals surface area contributed by atoms with Crippen LogP contribution in [0.1, 0.15) is 40.7 Å². The van der Waals surface area contributed by atoms with Crippen molar-refractivity contribution in [2.75, 3.05) is 0 Å². The summed E-state index contributed by atoms with van der Waals surface area (Å²) in [6.45, 7) is 1.09. The fourth-order valence-corrected chi connectivity index (χ4v) is 4.30. The van der Waals surface area contributed by atoms with Gasteiger partial charge in [0.1, 0.15) is 17.5 Å². The zero-order chi connectivity index (χ0) is 20.7. The molecule has 0 spiro atoms. The first-order chi connectivity index (χ1) is 14.6. The van der Waals surface area contributed by atoms with Gasteiger partial charge in [-0.3, -0.25) is 9.48 Å². The van der Waals surface area contributed by atoms with Crippen molar-refractivity contribution in [3.63, 3.8) is 0 Å². The van der Waals surface area contributed by atoms with Crippen molar-refractivity contribution < 1.29 is 14.6 Å². The quantitative estimate of drug-likeness (QED) is 0.707. The number of carbonyl (C=O) groups is 1. The molecule has 2 heterocycles. The van der Waals surface area contributed by atoms with E-state index in [9.17, 15) is 9.90 Å². The van der Waals surface area contributed by atoms with Gasteiger partial charge in [0.2, 0.25) is 0 Å². The van der Waals surface area contributed by atoms with Crippen LogP contribution < -0.4 is 4.74 Å². The van der Waals surface area contributed by atoms with E-state index >= 15 is 0 Å². The topological polar surface area (TPSA) is 80.5 Å². The lowest BCUT2D eigenvalue weighted by molar-refractivity contribution is 0.0582. The monoisotopic (exact) mass is 404 g/mol. The van der Waals surface area contributed by atoms with Gasteiger partial charge >= 0.3 is 0 Å². The van der Waals surface area contributed by atoms with Crippen molar-refractivity contribution in [1.82, 2.24) is 19.9 Å². The number of hydrogen-bond acceptors (Lipinski definition) is 5. The molecule has 1 aromatic heterocycles. The molecule has 1 amide bonds. The van der Waals surface area contributed by atoms with E-state index in [2.05, 4.69) is 10.3 Å². The van der Waals surface area contributed by atoms with E-state index in [0.29, 0.717) is 24.4 Å². The molecular formula is C23H24N4O3. The highest BCUT2D eigenvalue weighted by molar-refractivity contribution is 6.01. The van der Waals surface area contributed by atoms with Crippen molar-refractivity contribution in [1.29, 1.82) is 0 Å². The Morgan fingerprint density at radius 3 is 2.70 bits per heavy atom. The van der Waals surface area contributed by atoms with Crippen LogP contribution in [0.15, 0.2) is 48.7 Å². The lowest BCUT2D eigenvalue weighted by Crippen LogP contribution is -2.27. The van der Waals surface area contributed by atoms with Gasteiger partial charge in [-0.05, 0) is 36.5 Å². The third-order valence-electron chi connectivity index (χ3n) is 5.90. The molecule has 5 rings (SSSR count). The Bertz CT molecular complexity index is 1080. The van der Waals surface area contributed by atoms with Gasteiger partial charge in [0.25, 0.3) is 5.91 Å². The Kier molecular flexibility index (Phi) is 4.75. The van der Waals surface area contributed by atoms with Gasteiger partial charge in [0.15, 0.2) is 0 Å².